The highest BCUT2D eigenvalue weighted by Gasteiger charge is 2.51. The molecule has 8 atom stereocenters. The predicted octanol–water partition coefficient (Wildman–Crippen LogP) is 4.38. The predicted molar refractivity (Wildman–Crippen MR) is 355 cm³/mol. The Hall–Kier alpha value is -6.85. The van der Waals surface area contributed by atoms with Crippen LogP contribution in [0.1, 0.15) is 174 Å². The number of nitrogens with one attached hydrogen (secondary N) is 3. The molecule has 0 unspecified atom stereocenters. The Morgan fingerprint density at radius 2 is 1.23 bits per heavy atom. The van der Waals surface area contributed by atoms with E-state index in [1.807, 2.05) is 13.0 Å². The van der Waals surface area contributed by atoms with Gasteiger partial charge in [0.1, 0.15) is 47.8 Å². The van der Waals surface area contributed by atoms with E-state index in [2.05, 4.69) is 16.0 Å². The zero-order chi connectivity index (χ0) is 68.7. The molecule has 3 heterocycles. The molecule has 3 aliphatic heterocycles. The first-order chi connectivity index (χ1) is 44.7. The van der Waals surface area contributed by atoms with Gasteiger partial charge in [-0.05, 0) is 119 Å². The average Bonchev–Trinajstić information content (AvgIpc) is 1.39. The molecule has 1 aromatic rings. The van der Waals surface area contributed by atoms with Gasteiger partial charge in [0.2, 0.25) is 70.9 Å². The molecule has 3 aliphatic carbocycles. The molecule has 1 aromatic carbocycles. The number of hydrogen-bond donors (Lipinski definition) is 3. The van der Waals surface area contributed by atoms with E-state index in [1.165, 1.54) is 83.5 Å². The third-order valence-corrected chi connectivity index (χ3v) is 21.6. The molecule has 25 heteroatoms. The first kappa shape index (κ1) is 74.5. The molecule has 0 aromatic heterocycles. The van der Waals surface area contributed by atoms with E-state index in [4.69, 9.17) is 11.6 Å². The Labute approximate surface area is 561 Å². The summed E-state index contributed by atoms with van der Waals surface area (Å²) in [5.74, 6) is -7.56. The maximum absolute atomic E-state index is 15.7. The van der Waals surface area contributed by atoms with Crippen LogP contribution in [0, 0.1) is 17.8 Å². The van der Waals surface area contributed by atoms with Crippen LogP contribution in [0.5, 0.6) is 0 Å². The van der Waals surface area contributed by atoms with Crippen LogP contribution < -0.4 is 16.0 Å². The second-order valence-electron chi connectivity index (χ2n) is 28.0. The van der Waals surface area contributed by atoms with E-state index >= 15 is 19.2 Å². The Morgan fingerprint density at radius 1 is 0.617 bits per heavy atom. The van der Waals surface area contributed by atoms with Crippen LogP contribution in [-0.2, 0) is 64.0 Å². The van der Waals surface area contributed by atoms with E-state index in [0.29, 0.717) is 69.5 Å². The van der Waals surface area contributed by atoms with Gasteiger partial charge in [0, 0.05) is 74.0 Å². The number of rotatable bonds is 9. The van der Waals surface area contributed by atoms with Crippen LogP contribution in [0.4, 0.5) is 0 Å². The van der Waals surface area contributed by atoms with Gasteiger partial charge in [-0.3, -0.25) is 57.5 Å². The molecule has 522 valence electrons. The highest BCUT2D eigenvalue weighted by atomic mass is 35.5. The summed E-state index contributed by atoms with van der Waals surface area (Å²) >= 11 is 6.40. The van der Waals surface area contributed by atoms with Crippen molar-refractivity contribution < 1.29 is 57.5 Å². The largest absolute Gasteiger partial charge is 0.343 e. The summed E-state index contributed by atoms with van der Waals surface area (Å²) in [5, 5.41) is 9.37. The number of fused-ring (bicyclic) bond motifs is 1. The molecular weight excluding hydrogens is 1220 g/mol. The van der Waals surface area contributed by atoms with Crippen molar-refractivity contribution in [2.24, 2.45) is 17.8 Å². The van der Waals surface area contributed by atoms with Crippen LogP contribution in [0.25, 0.3) is 0 Å². The van der Waals surface area contributed by atoms with E-state index in [9.17, 15) is 38.4 Å². The highest BCUT2D eigenvalue weighted by Crippen LogP contribution is 2.37. The summed E-state index contributed by atoms with van der Waals surface area (Å²) in [6, 6.07) is -0.949. The lowest BCUT2D eigenvalue weighted by atomic mass is 9.81. The van der Waals surface area contributed by atoms with Gasteiger partial charge in [-0.15, -0.1) is 0 Å². The first-order valence-corrected chi connectivity index (χ1v) is 35.1. The van der Waals surface area contributed by atoms with Crippen molar-refractivity contribution in [1.29, 1.82) is 0 Å². The van der Waals surface area contributed by atoms with Gasteiger partial charge in [0.15, 0.2) is 0 Å². The quantitative estimate of drug-likeness (QED) is 0.311. The number of aryl methyl sites for hydroxylation is 1. The molecule has 1 spiro atoms. The number of likely N-dealkylation sites (tertiary alicyclic amines) is 1. The number of likely N-dealkylation sites (N-methyl/N-ethyl adjacent to an activating group) is 7. The molecule has 0 bridgehead atoms. The molecule has 94 heavy (non-hydrogen) atoms. The summed E-state index contributed by atoms with van der Waals surface area (Å²) in [5.41, 5.74) is -0.683. The minimum atomic E-state index is -1.48. The molecule has 3 N–H and O–H groups in total. The molecule has 7 rings (SSSR count). The van der Waals surface area contributed by atoms with Crippen molar-refractivity contribution >= 4 is 82.5 Å². The lowest BCUT2D eigenvalue weighted by molar-refractivity contribution is -0.157. The number of carbonyl (C=O) groups excluding carboxylic acids is 12. The normalized spacial score (nSPS) is 27.6. The van der Waals surface area contributed by atoms with Crippen molar-refractivity contribution in [2.45, 2.75) is 223 Å². The average molecular weight is 1330 g/mol. The van der Waals surface area contributed by atoms with Crippen LogP contribution in [0.15, 0.2) is 24.3 Å². The number of benzene rings is 1. The summed E-state index contributed by atoms with van der Waals surface area (Å²) in [4.78, 5) is 189. The van der Waals surface area contributed by atoms with E-state index in [1.54, 1.807) is 37.1 Å². The van der Waals surface area contributed by atoms with Crippen molar-refractivity contribution in [3.63, 3.8) is 0 Å². The maximum atomic E-state index is 15.7. The van der Waals surface area contributed by atoms with Gasteiger partial charge in [-0.2, -0.15) is 0 Å². The number of halogens is 1. The van der Waals surface area contributed by atoms with Crippen molar-refractivity contribution in [2.75, 3.05) is 88.6 Å². The first-order valence-electron chi connectivity index (χ1n) is 34.7. The fourth-order valence-electron chi connectivity index (χ4n) is 15.0. The zero-order valence-corrected chi connectivity index (χ0v) is 58.4. The molecule has 24 nitrogen and oxygen atoms in total. The highest BCUT2D eigenvalue weighted by molar-refractivity contribution is 6.30. The fourth-order valence-corrected chi connectivity index (χ4v) is 15.2. The monoisotopic (exact) mass is 1330 g/mol. The van der Waals surface area contributed by atoms with Crippen molar-refractivity contribution in [1.82, 2.24) is 60.0 Å². The Kier molecular flexibility index (Phi) is 27.1. The van der Waals surface area contributed by atoms with Gasteiger partial charge in [0.05, 0.1) is 26.1 Å². The summed E-state index contributed by atoms with van der Waals surface area (Å²) < 4.78 is 0. The number of piperidine rings is 1. The molecule has 12 amide bonds. The van der Waals surface area contributed by atoms with Gasteiger partial charge >= 0.3 is 0 Å². The van der Waals surface area contributed by atoms with E-state index in [0.717, 1.165) is 81.1 Å². The SMILES string of the molecule is CC[C@H](C)[C@@H]1NC(=O)[C@H](C)N(C)C(=O)C[C@@H](C(=O)N2CCCCC2)N(C)C(=O)[C@H](C2CCCCC2)N(C)C(=O)C2(CCCC2)NC(=O)[C@@H]2CCCN2C(=O)[C@H](CCc2cccc(Cl)c2)NC(=O)CN(C)C(=O)[C@H](CC2CCCCC2)N(C)C(=O)CN(C)C(=O)CN(C)C1=O. The Morgan fingerprint density at radius 3 is 1.87 bits per heavy atom. The summed E-state index contributed by atoms with van der Waals surface area (Å²) in [6.07, 6.45) is 13.6. The number of carbonyl (C=O) groups is 12. The zero-order valence-electron chi connectivity index (χ0n) is 57.6. The summed E-state index contributed by atoms with van der Waals surface area (Å²) in [6.45, 7) is 4.66. The third-order valence-electron chi connectivity index (χ3n) is 21.4. The standard InChI is InChI=1S/C69H107ClN12O12/c1-11-45(2)59-66(92)76(6)43-57(85)74(4)44-58(86)78(8)53(40-47-25-15-12-16-26-47)64(90)75(5)42-55(83)71-51(33-32-48-27-23-30-50(70)39-48)63(89)82-38-24-31-52(82)62(88)73-69(34-19-20-35-69)68(94)80(10)60(49-28-17-13-18-29-49)67(93)79(9)54(65(91)81-36-21-14-22-37-81)41-56(84)77(7)46(3)61(87)72-59/h23,27,30,39,45-47,49,51-54,59-60H,11-22,24-26,28-29,31-38,40-44H2,1-10H3,(H,71,83)(H,72,87)(H,73,88)/t45-,46-,51-,52-,53-,54-,59-,60-/m0/s1. The van der Waals surface area contributed by atoms with Crippen LogP contribution in [0.3, 0.4) is 0 Å². The Balaban J connectivity index is 1.25. The third kappa shape index (κ3) is 18.6. The fraction of sp³-hybridized carbons (Fsp3) is 0.739. The molecule has 3 saturated heterocycles. The molecule has 3 saturated carbocycles. The number of hydrogen-bond acceptors (Lipinski definition) is 12. The molecule has 6 aliphatic rings. The summed E-state index contributed by atoms with van der Waals surface area (Å²) in [7, 11) is 10.2. The number of nitrogens with zero attached hydrogens (tertiary/aromatic N) is 9. The van der Waals surface area contributed by atoms with Crippen LogP contribution >= 0.6 is 11.6 Å². The minimum Gasteiger partial charge on any atom is -0.343 e. The topological polar surface area (TPSA) is 270 Å². The van der Waals surface area contributed by atoms with Crippen LogP contribution in [-0.4, -0.2) is 251 Å². The van der Waals surface area contributed by atoms with Crippen LogP contribution in [0.2, 0.25) is 5.02 Å². The molecule has 6 fully saturated rings. The van der Waals surface area contributed by atoms with Gasteiger partial charge < -0.3 is 60.0 Å². The second kappa shape index (κ2) is 34.2. The second-order valence-corrected chi connectivity index (χ2v) is 28.5. The minimum absolute atomic E-state index is 0.0894. The van der Waals surface area contributed by atoms with E-state index in [-0.39, 0.29) is 44.1 Å². The smallest absolute Gasteiger partial charge is 0.248 e. The maximum Gasteiger partial charge on any atom is 0.248 e. The molecule has 0 radical (unpaired) electrons. The number of amides is 12. The van der Waals surface area contributed by atoms with Gasteiger partial charge in [-0.25, -0.2) is 0 Å². The van der Waals surface area contributed by atoms with Gasteiger partial charge in [0.25, 0.3) is 0 Å². The Bertz CT molecular complexity index is 2890. The van der Waals surface area contributed by atoms with Crippen molar-refractivity contribution in [3.8, 4) is 0 Å². The van der Waals surface area contributed by atoms with Gasteiger partial charge in [-0.1, -0.05) is 108 Å². The lowest BCUT2D eigenvalue weighted by Gasteiger charge is -2.43. The molecular formula is C69H107ClN12O12. The van der Waals surface area contributed by atoms with E-state index < -0.39 is 151 Å². The van der Waals surface area contributed by atoms with Crippen molar-refractivity contribution in [3.05, 3.63) is 34.9 Å². The lowest BCUT2D eigenvalue weighted by Crippen LogP contribution is -2.65.